The van der Waals surface area contributed by atoms with Crippen LogP contribution in [0.2, 0.25) is 0 Å². The second-order valence-electron chi connectivity index (χ2n) is 5.83. The van der Waals surface area contributed by atoms with E-state index >= 15 is 0 Å². The van der Waals surface area contributed by atoms with Gasteiger partial charge in [0, 0.05) is 0 Å². The van der Waals surface area contributed by atoms with Gasteiger partial charge in [0.05, 0.1) is 0 Å². The van der Waals surface area contributed by atoms with E-state index in [9.17, 15) is 13.2 Å². The maximum atomic E-state index is 11.8. The number of rotatable bonds is 9. The SMILES string of the molecule is COC(=O)c1ccc(NCCCCS(=O)(=O)O)c(C(C)(C)[I-]C)c1. The Bertz CT molecular complexity index is 673. The van der Waals surface area contributed by atoms with Crippen LogP contribution in [-0.2, 0) is 18.3 Å². The minimum absolute atomic E-state index is 0.0142. The summed E-state index contributed by atoms with van der Waals surface area (Å²) in [6.45, 7) is 4.90. The van der Waals surface area contributed by atoms with E-state index in [1.54, 1.807) is 6.07 Å². The van der Waals surface area contributed by atoms with Crippen molar-refractivity contribution in [2.45, 2.75) is 30.1 Å². The number of hydrogen-bond donors (Lipinski definition) is 2. The predicted molar refractivity (Wildman–Crippen MR) is 90.9 cm³/mol. The molecule has 0 amide bonds. The van der Waals surface area contributed by atoms with Crippen molar-refractivity contribution in [3.05, 3.63) is 29.3 Å². The first-order valence-corrected chi connectivity index (χ1v) is 12.4. The van der Waals surface area contributed by atoms with Crippen LogP contribution in [0.3, 0.4) is 0 Å². The first-order valence-electron chi connectivity index (χ1n) is 7.53. The van der Waals surface area contributed by atoms with E-state index in [4.69, 9.17) is 9.29 Å². The van der Waals surface area contributed by atoms with Gasteiger partial charge in [-0.25, -0.2) is 0 Å². The topological polar surface area (TPSA) is 92.7 Å². The first kappa shape index (κ1) is 21.2. The van der Waals surface area contributed by atoms with Crippen LogP contribution in [0.1, 0.15) is 42.6 Å². The van der Waals surface area contributed by atoms with Crippen LogP contribution in [-0.4, -0.2) is 43.3 Å². The molecule has 1 rings (SSSR count). The molecule has 24 heavy (non-hydrogen) atoms. The normalized spacial score (nSPS) is 12.2. The fraction of sp³-hybridized carbons (Fsp3) is 0.562. The number of nitrogens with one attached hydrogen (secondary N) is 1. The van der Waals surface area contributed by atoms with Gasteiger partial charge < -0.3 is 0 Å². The van der Waals surface area contributed by atoms with Crippen LogP contribution in [0.4, 0.5) is 5.69 Å². The standard InChI is InChI=1S/C16H25INO5S/c1-16(2,17-3)13-11-12(15(19)23-4)7-8-14(13)18-9-5-6-10-24(20,21)22/h7-8,11,18H,5-6,9-10H2,1-4H3,(H,20,21,22)/q-1. The maximum absolute atomic E-state index is 11.8. The van der Waals surface area contributed by atoms with Crippen molar-refractivity contribution < 1.29 is 43.7 Å². The van der Waals surface area contributed by atoms with Crippen molar-refractivity contribution in [3.8, 4) is 0 Å². The van der Waals surface area contributed by atoms with Crippen LogP contribution in [0.5, 0.6) is 0 Å². The van der Waals surface area contributed by atoms with E-state index in [2.05, 4.69) is 24.1 Å². The number of alkyl halides is 2. The van der Waals surface area contributed by atoms with Crippen molar-refractivity contribution in [3.63, 3.8) is 0 Å². The molecule has 0 bridgehead atoms. The molecule has 0 saturated carbocycles. The Hall–Kier alpha value is -0.870. The zero-order valence-corrected chi connectivity index (χ0v) is 17.4. The number of unbranched alkanes of at least 4 members (excludes halogenated alkanes) is 1. The van der Waals surface area contributed by atoms with Crippen LogP contribution in [0, 0.1) is 0 Å². The molecule has 0 fully saturated rings. The van der Waals surface area contributed by atoms with Gasteiger partial charge in [-0.3, -0.25) is 0 Å². The Morgan fingerprint density at radius 1 is 1.33 bits per heavy atom. The number of carbonyl (C=O) groups excluding carboxylic acids is 1. The van der Waals surface area contributed by atoms with Gasteiger partial charge in [-0.05, 0) is 0 Å². The Kier molecular flexibility index (Phi) is 7.94. The molecule has 0 aromatic heterocycles. The molecular weight excluding hydrogens is 445 g/mol. The number of ether oxygens (including phenoxy) is 1. The quantitative estimate of drug-likeness (QED) is 0.166. The third kappa shape index (κ3) is 6.56. The summed E-state index contributed by atoms with van der Waals surface area (Å²) in [5.74, 6) is -0.588. The molecule has 0 saturated heterocycles. The molecule has 2 N–H and O–H groups in total. The van der Waals surface area contributed by atoms with E-state index < -0.39 is 10.1 Å². The summed E-state index contributed by atoms with van der Waals surface area (Å²) >= 11 is -0.115. The summed E-state index contributed by atoms with van der Waals surface area (Å²) in [6.07, 6.45) is 1.02. The van der Waals surface area contributed by atoms with Gasteiger partial charge in [-0.15, -0.1) is 0 Å². The van der Waals surface area contributed by atoms with Gasteiger partial charge in [-0.1, -0.05) is 0 Å². The zero-order chi connectivity index (χ0) is 18.4. The molecule has 0 unspecified atom stereocenters. The molecular formula is C16H25INO5S-. The molecule has 0 aliphatic heterocycles. The van der Waals surface area contributed by atoms with Gasteiger partial charge in [-0.2, -0.15) is 0 Å². The number of halogens is 1. The Morgan fingerprint density at radius 2 is 2.00 bits per heavy atom. The number of carbonyl (C=O) groups is 1. The molecule has 0 aliphatic rings. The predicted octanol–water partition coefficient (Wildman–Crippen LogP) is -0.493. The Morgan fingerprint density at radius 3 is 2.54 bits per heavy atom. The van der Waals surface area contributed by atoms with Crippen molar-refractivity contribution in [1.82, 2.24) is 0 Å². The summed E-state index contributed by atoms with van der Waals surface area (Å²) in [5, 5.41) is 3.31. The monoisotopic (exact) mass is 470 g/mol. The number of anilines is 1. The number of esters is 1. The van der Waals surface area contributed by atoms with Crippen molar-refractivity contribution in [1.29, 1.82) is 0 Å². The molecule has 0 radical (unpaired) electrons. The van der Waals surface area contributed by atoms with Gasteiger partial charge in [0.25, 0.3) is 0 Å². The van der Waals surface area contributed by atoms with Gasteiger partial charge in [0.1, 0.15) is 0 Å². The van der Waals surface area contributed by atoms with Gasteiger partial charge in [0.15, 0.2) is 0 Å². The molecule has 0 atom stereocenters. The number of benzene rings is 1. The summed E-state index contributed by atoms with van der Waals surface area (Å²) in [4.78, 5) is 14.0. The van der Waals surface area contributed by atoms with Gasteiger partial charge in [0.2, 0.25) is 0 Å². The van der Waals surface area contributed by atoms with Gasteiger partial charge >= 0.3 is 155 Å². The van der Waals surface area contributed by atoms with E-state index in [1.165, 1.54) is 7.11 Å². The second kappa shape index (κ2) is 9.00. The van der Waals surface area contributed by atoms with Crippen LogP contribution in [0.15, 0.2) is 18.2 Å². The fourth-order valence-electron chi connectivity index (χ4n) is 2.17. The molecule has 8 heteroatoms. The molecule has 6 nitrogen and oxygen atoms in total. The van der Waals surface area contributed by atoms with E-state index in [1.807, 2.05) is 12.1 Å². The number of methoxy groups -OCH3 is 1. The zero-order valence-electron chi connectivity index (χ0n) is 14.4. The Labute approximate surface area is 154 Å². The first-order chi connectivity index (χ1) is 11.1. The molecule has 138 valence electrons. The van der Waals surface area contributed by atoms with Crippen LogP contribution >= 0.6 is 0 Å². The van der Waals surface area contributed by atoms with E-state index in [-0.39, 0.29) is 36.3 Å². The summed E-state index contributed by atoms with van der Waals surface area (Å²) in [7, 11) is -2.54. The molecule has 1 aromatic rings. The van der Waals surface area contributed by atoms with Crippen molar-refractivity contribution in [2.75, 3.05) is 29.7 Å². The van der Waals surface area contributed by atoms with Crippen molar-refractivity contribution >= 4 is 21.8 Å². The summed E-state index contributed by atoms with van der Waals surface area (Å²) in [5.41, 5.74) is 2.53. The summed E-state index contributed by atoms with van der Waals surface area (Å²) < 4.78 is 34.9. The Balaban J connectivity index is 2.87. The van der Waals surface area contributed by atoms with E-state index in [0.717, 1.165) is 11.3 Å². The third-order valence-electron chi connectivity index (χ3n) is 3.70. The average molecular weight is 470 g/mol. The fourth-order valence-corrected chi connectivity index (χ4v) is 3.77. The van der Waals surface area contributed by atoms with Crippen LogP contribution in [0.25, 0.3) is 0 Å². The van der Waals surface area contributed by atoms with Crippen LogP contribution < -0.4 is 26.5 Å². The van der Waals surface area contributed by atoms with E-state index in [0.29, 0.717) is 24.9 Å². The molecule has 0 spiro atoms. The molecule has 0 heterocycles. The van der Waals surface area contributed by atoms with Crippen molar-refractivity contribution in [2.24, 2.45) is 0 Å². The second-order valence-corrected chi connectivity index (χ2v) is 11.2. The average Bonchev–Trinajstić information content (AvgIpc) is 2.52. The molecule has 0 aliphatic carbocycles. The minimum atomic E-state index is -3.90. The summed E-state index contributed by atoms with van der Waals surface area (Å²) in [6, 6.07) is 5.46. The molecule has 1 aromatic carbocycles. The number of hydrogen-bond acceptors (Lipinski definition) is 5. The third-order valence-corrected chi connectivity index (χ3v) is 7.78.